The Labute approximate surface area is 126 Å². The van der Waals surface area contributed by atoms with E-state index < -0.39 is 6.04 Å². The number of nitrogens with two attached hydrogens (primary N) is 1. The van der Waals surface area contributed by atoms with Crippen LogP contribution in [0.3, 0.4) is 0 Å². The molecule has 3 heteroatoms. The second kappa shape index (κ2) is 6.29. The van der Waals surface area contributed by atoms with Gasteiger partial charge in [0.15, 0.2) is 5.78 Å². The quantitative estimate of drug-likeness (QED) is 0.927. The molecular weight excluding hydrogens is 262 g/mol. The van der Waals surface area contributed by atoms with Gasteiger partial charge in [-0.25, -0.2) is 0 Å². The topological polar surface area (TPSA) is 52.3 Å². The Morgan fingerprint density at radius 3 is 2.62 bits per heavy atom. The average molecular weight is 287 g/mol. The molecule has 1 aromatic rings. The number of carbonyl (C=O) groups excluding carboxylic acids is 1. The van der Waals surface area contributed by atoms with Crippen LogP contribution in [0.4, 0.5) is 0 Å². The number of hydrogen-bond donors (Lipinski definition) is 1. The Morgan fingerprint density at radius 2 is 1.90 bits per heavy atom. The van der Waals surface area contributed by atoms with E-state index in [1.54, 1.807) is 0 Å². The van der Waals surface area contributed by atoms with Crippen molar-refractivity contribution in [3.63, 3.8) is 0 Å². The Morgan fingerprint density at radius 1 is 1.19 bits per heavy atom. The van der Waals surface area contributed by atoms with E-state index in [0.29, 0.717) is 6.61 Å². The fourth-order valence-corrected chi connectivity index (χ4v) is 3.89. The molecule has 1 aliphatic heterocycles. The minimum absolute atomic E-state index is 0.0345. The monoisotopic (exact) mass is 287 g/mol. The first-order valence-corrected chi connectivity index (χ1v) is 8.18. The van der Waals surface area contributed by atoms with Crippen molar-refractivity contribution in [2.45, 2.75) is 56.6 Å². The van der Waals surface area contributed by atoms with E-state index in [9.17, 15) is 4.79 Å². The summed E-state index contributed by atoms with van der Waals surface area (Å²) in [6.45, 7) is 0.706. The SMILES string of the molecule is NC(C(=O)C1CCOC2(CCCCC2)C1)c1ccccc1. The predicted molar refractivity (Wildman–Crippen MR) is 82.9 cm³/mol. The first-order chi connectivity index (χ1) is 10.2. The zero-order valence-electron chi connectivity index (χ0n) is 12.6. The summed E-state index contributed by atoms with van der Waals surface area (Å²) in [5.41, 5.74) is 7.09. The summed E-state index contributed by atoms with van der Waals surface area (Å²) in [5.74, 6) is 0.251. The number of rotatable bonds is 3. The average Bonchev–Trinajstić information content (AvgIpc) is 2.55. The van der Waals surface area contributed by atoms with Crippen molar-refractivity contribution in [3.8, 4) is 0 Å². The van der Waals surface area contributed by atoms with Crippen LogP contribution in [0, 0.1) is 5.92 Å². The van der Waals surface area contributed by atoms with Gasteiger partial charge in [0.1, 0.15) is 0 Å². The molecule has 2 unspecified atom stereocenters. The van der Waals surface area contributed by atoms with Gasteiger partial charge in [0, 0.05) is 12.5 Å². The Balaban J connectivity index is 1.69. The number of ketones is 1. The van der Waals surface area contributed by atoms with E-state index in [1.165, 1.54) is 19.3 Å². The second-order valence-corrected chi connectivity index (χ2v) is 6.57. The van der Waals surface area contributed by atoms with Gasteiger partial charge in [-0.05, 0) is 31.2 Å². The van der Waals surface area contributed by atoms with E-state index in [2.05, 4.69) is 0 Å². The third-order valence-corrected chi connectivity index (χ3v) is 5.13. The molecule has 1 aromatic carbocycles. The molecule has 1 spiro atoms. The van der Waals surface area contributed by atoms with Crippen LogP contribution in [-0.4, -0.2) is 18.0 Å². The summed E-state index contributed by atoms with van der Waals surface area (Å²) in [6.07, 6.45) is 7.66. The molecule has 1 saturated heterocycles. The lowest BCUT2D eigenvalue weighted by molar-refractivity contribution is -0.144. The molecule has 0 aromatic heterocycles. The lowest BCUT2D eigenvalue weighted by atomic mass is 9.74. The van der Waals surface area contributed by atoms with Crippen LogP contribution in [-0.2, 0) is 9.53 Å². The van der Waals surface area contributed by atoms with E-state index in [4.69, 9.17) is 10.5 Å². The van der Waals surface area contributed by atoms with Crippen molar-refractivity contribution in [1.29, 1.82) is 0 Å². The van der Waals surface area contributed by atoms with Crippen molar-refractivity contribution >= 4 is 5.78 Å². The summed E-state index contributed by atoms with van der Waals surface area (Å²) in [7, 11) is 0. The highest BCUT2D eigenvalue weighted by Crippen LogP contribution is 2.41. The van der Waals surface area contributed by atoms with Crippen LogP contribution < -0.4 is 5.73 Å². The molecule has 114 valence electrons. The molecule has 1 saturated carbocycles. The smallest absolute Gasteiger partial charge is 0.157 e. The number of benzene rings is 1. The van der Waals surface area contributed by atoms with Gasteiger partial charge in [-0.2, -0.15) is 0 Å². The highest BCUT2D eigenvalue weighted by atomic mass is 16.5. The molecule has 3 rings (SSSR count). The summed E-state index contributed by atoms with van der Waals surface area (Å²) >= 11 is 0. The minimum Gasteiger partial charge on any atom is -0.375 e. The van der Waals surface area contributed by atoms with Crippen molar-refractivity contribution in [2.75, 3.05) is 6.61 Å². The van der Waals surface area contributed by atoms with Crippen LogP contribution in [0.2, 0.25) is 0 Å². The van der Waals surface area contributed by atoms with Gasteiger partial charge in [0.05, 0.1) is 11.6 Å². The van der Waals surface area contributed by atoms with Gasteiger partial charge < -0.3 is 10.5 Å². The molecule has 2 fully saturated rings. The predicted octanol–water partition coefficient (Wildman–Crippen LogP) is 3.39. The van der Waals surface area contributed by atoms with E-state index >= 15 is 0 Å². The Hall–Kier alpha value is -1.19. The maximum absolute atomic E-state index is 12.7. The van der Waals surface area contributed by atoms with E-state index in [1.807, 2.05) is 30.3 Å². The third-order valence-electron chi connectivity index (χ3n) is 5.13. The maximum atomic E-state index is 12.7. The fraction of sp³-hybridized carbons (Fsp3) is 0.611. The Bertz CT molecular complexity index is 474. The molecule has 1 heterocycles. The van der Waals surface area contributed by atoms with Crippen LogP contribution in [0.1, 0.15) is 56.6 Å². The van der Waals surface area contributed by atoms with Gasteiger partial charge in [-0.1, -0.05) is 49.6 Å². The van der Waals surface area contributed by atoms with E-state index in [-0.39, 0.29) is 17.3 Å². The highest BCUT2D eigenvalue weighted by molar-refractivity contribution is 5.87. The van der Waals surface area contributed by atoms with Crippen molar-refractivity contribution in [2.24, 2.45) is 11.7 Å². The standard InChI is InChI=1S/C18H25NO2/c19-16(14-7-3-1-4-8-14)17(20)15-9-12-21-18(13-15)10-5-2-6-11-18/h1,3-4,7-8,15-16H,2,5-6,9-13,19H2. The first kappa shape index (κ1) is 14.7. The molecule has 21 heavy (non-hydrogen) atoms. The minimum atomic E-state index is -0.491. The summed E-state index contributed by atoms with van der Waals surface area (Å²) in [6, 6.07) is 9.22. The van der Waals surface area contributed by atoms with Crippen molar-refractivity contribution < 1.29 is 9.53 Å². The van der Waals surface area contributed by atoms with Crippen molar-refractivity contribution in [3.05, 3.63) is 35.9 Å². The molecule has 0 amide bonds. The summed E-state index contributed by atoms with van der Waals surface area (Å²) in [4.78, 5) is 12.7. The van der Waals surface area contributed by atoms with Gasteiger partial charge in [0.25, 0.3) is 0 Å². The van der Waals surface area contributed by atoms with Crippen LogP contribution in [0.15, 0.2) is 30.3 Å². The molecule has 2 N–H and O–H groups in total. The molecule has 2 aliphatic rings. The largest absolute Gasteiger partial charge is 0.375 e. The zero-order valence-corrected chi connectivity index (χ0v) is 12.6. The molecule has 3 nitrogen and oxygen atoms in total. The third kappa shape index (κ3) is 3.19. The van der Waals surface area contributed by atoms with Gasteiger partial charge in [-0.15, -0.1) is 0 Å². The molecule has 1 aliphatic carbocycles. The van der Waals surface area contributed by atoms with Crippen molar-refractivity contribution in [1.82, 2.24) is 0 Å². The number of carbonyl (C=O) groups is 1. The van der Waals surface area contributed by atoms with Crippen LogP contribution >= 0.6 is 0 Å². The summed E-state index contributed by atoms with van der Waals surface area (Å²) in [5, 5.41) is 0. The molecular formula is C18H25NO2. The van der Waals surface area contributed by atoms with Gasteiger partial charge >= 0.3 is 0 Å². The maximum Gasteiger partial charge on any atom is 0.157 e. The lowest BCUT2D eigenvalue weighted by Crippen LogP contribution is -2.45. The number of hydrogen-bond acceptors (Lipinski definition) is 3. The molecule has 2 atom stereocenters. The Kier molecular flexibility index (Phi) is 4.41. The second-order valence-electron chi connectivity index (χ2n) is 6.57. The molecule has 0 radical (unpaired) electrons. The van der Waals surface area contributed by atoms with Gasteiger partial charge in [0.2, 0.25) is 0 Å². The number of ether oxygens (including phenoxy) is 1. The number of Topliss-reactive ketones (excluding diaryl/α,β-unsaturated/α-hetero) is 1. The van der Waals surface area contributed by atoms with Gasteiger partial charge in [-0.3, -0.25) is 4.79 Å². The molecule has 0 bridgehead atoms. The van der Waals surface area contributed by atoms with Crippen LogP contribution in [0.25, 0.3) is 0 Å². The normalized spacial score (nSPS) is 26.4. The van der Waals surface area contributed by atoms with E-state index in [0.717, 1.165) is 31.2 Å². The zero-order chi connectivity index (χ0) is 14.7. The highest BCUT2D eigenvalue weighted by Gasteiger charge is 2.41. The first-order valence-electron chi connectivity index (χ1n) is 8.18. The fourth-order valence-electron chi connectivity index (χ4n) is 3.89. The summed E-state index contributed by atoms with van der Waals surface area (Å²) < 4.78 is 6.08. The lowest BCUT2D eigenvalue weighted by Gasteiger charge is -2.43. The van der Waals surface area contributed by atoms with Crippen LogP contribution in [0.5, 0.6) is 0 Å².